The van der Waals surface area contributed by atoms with Crippen LogP contribution >= 0.6 is 0 Å². The lowest BCUT2D eigenvalue weighted by atomic mass is 10.2. The van der Waals surface area contributed by atoms with Crippen molar-refractivity contribution in [3.05, 3.63) is 17.7 Å². The first kappa shape index (κ1) is 20.9. The van der Waals surface area contributed by atoms with Crippen LogP contribution < -0.4 is 14.2 Å². The summed E-state index contributed by atoms with van der Waals surface area (Å²) in [5.74, 6) is 1.58. The van der Waals surface area contributed by atoms with Crippen LogP contribution in [0, 0.1) is 0 Å². The fourth-order valence-electron chi connectivity index (χ4n) is 3.30. The number of rotatable bonds is 10. The molecule has 8 nitrogen and oxygen atoms in total. The first-order valence-corrected chi connectivity index (χ1v) is 9.83. The predicted molar refractivity (Wildman–Crippen MR) is 104 cm³/mol. The monoisotopic (exact) mass is 394 g/mol. The third kappa shape index (κ3) is 6.07. The lowest BCUT2D eigenvalue weighted by molar-refractivity contribution is 0.0316. The highest BCUT2D eigenvalue weighted by atomic mass is 16.5. The molecule has 28 heavy (non-hydrogen) atoms. The number of aldehydes is 1. The number of methoxy groups -OCH3 is 1. The van der Waals surface area contributed by atoms with E-state index in [1.807, 2.05) is 0 Å². The smallest absolute Gasteiger partial charge is 0.203 e. The highest BCUT2D eigenvalue weighted by molar-refractivity contribution is 5.78. The van der Waals surface area contributed by atoms with E-state index in [0.29, 0.717) is 36.0 Å². The Labute approximate surface area is 166 Å². The quantitative estimate of drug-likeness (QED) is 0.543. The second kappa shape index (κ2) is 11.2. The number of carbonyl (C=O) groups is 1. The molecule has 2 fully saturated rings. The van der Waals surface area contributed by atoms with Crippen molar-refractivity contribution in [2.45, 2.75) is 0 Å². The fourth-order valence-corrected chi connectivity index (χ4v) is 3.30. The van der Waals surface area contributed by atoms with Crippen molar-refractivity contribution in [1.29, 1.82) is 0 Å². The summed E-state index contributed by atoms with van der Waals surface area (Å²) in [5.41, 5.74) is 0.503. The second-order valence-corrected chi connectivity index (χ2v) is 6.77. The van der Waals surface area contributed by atoms with Gasteiger partial charge in [-0.15, -0.1) is 0 Å². The molecule has 0 N–H and O–H groups in total. The Bertz CT molecular complexity index is 570. The molecule has 2 heterocycles. The average molecular weight is 394 g/mol. The van der Waals surface area contributed by atoms with Crippen LogP contribution in [0.4, 0.5) is 0 Å². The predicted octanol–water partition coefficient (Wildman–Crippen LogP) is 0.930. The molecule has 8 heteroatoms. The maximum Gasteiger partial charge on any atom is 0.203 e. The van der Waals surface area contributed by atoms with Gasteiger partial charge in [0.2, 0.25) is 5.75 Å². The highest BCUT2D eigenvalue weighted by Gasteiger charge is 2.17. The lowest BCUT2D eigenvalue weighted by Gasteiger charge is -2.27. The van der Waals surface area contributed by atoms with E-state index < -0.39 is 0 Å². The number of ether oxygens (including phenoxy) is 5. The topological polar surface area (TPSA) is 69.7 Å². The molecule has 156 valence electrons. The average Bonchev–Trinajstić information content (AvgIpc) is 2.75. The van der Waals surface area contributed by atoms with Crippen LogP contribution in [-0.2, 0) is 9.47 Å². The van der Waals surface area contributed by atoms with Crippen molar-refractivity contribution < 1.29 is 28.5 Å². The summed E-state index contributed by atoms with van der Waals surface area (Å²) in [6.45, 7) is 9.26. The first-order chi connectivity index (χ1) is 13.8. The van der Waals surface area contributed by atoms with E-state index >= 15 is 0 Å². The molecular weight excluding hydrogens is 364 g/mol. The maximum atomic E-state index is 11.4. The number of nitrogens with zero attached hydrogens (tertiary/aromatic N) is 2. The second-order valence-electron chi connectivity index (χ2n) is 6.77. The van der Waals surface area contributed by atoms with Gasteiger partial charge in [0.1, 0.15) is 19.5 Å². The van der Waals surface area contributed by atoms with Gasteiger partial charge in [0, 0.05) is 44.8 Å². The molecule has 0 saturated carbocycles. The van der Waals surface area contributed by atoms with Crippen molar-refractivity contribution in [3.63, 3.8) is 0 Å². The van der Waals surface area contributed by atoms with E-state index in [4.69, 9.17) is 23.7 Å². The van der Waals surface area contributed by atoms with Crippen molar-refractivity contribution in [3.8, 4) is 17.2 Å². The van der Waals surface area contributed by atoms with E-state index in [2.05, 4.69) is 9.80 Å². The van der Waals surface area contributed by atoms with E-state index in [-0.39, 0.29) is 0 Å². The van der Waals surface area contributed by atoms with Crippen molar-refractivity contribution >= 4 is 6.29 Å². The third-order valence-electron chi connectivity index (χ3n) is 4.92. The third-order valence-corrected chi connectivity index (χ3v) is 4.92. The maximum absolute atomic E-state index is 11.4. The summed E-state index contributed by atoms with van der Waals surface area (Å²) in [6, 6.07) is 3.39. The Morgan fingerprint density at radius 3 is 1.75 bits per heavy atom. The van der Waals surface area contributed by atoms with Crippen LogP contribution in [0.5, 0.6) is 17.2 Å². The SMILES string of the molecule is COc1c(OCCN2CCOCC2)cc(C=O)cc1OCCN1CCOCC1. The Hall–Kier alpha value is -1.87. The minimum Gasteiger partial charge on any atom is -0.490 e. The minimum absolute atomic E-state index is 0.503. The molecule has 2 saturated heterocycles. The van der Waals surface area contributed by atoms with Gasteiger partial charge in [0.15, 0.2) is 11.5 Å². The number of hydrogen-bond donors (Lipinski definition) is 0. The molecule has 0 bridgehead atoms. The van der Waals surface area contributed by atoms with Crippen molar-refractivity contribution in [1.82, 2.24) is 9.80 Å². The van der Waals surface area contributed by atoms with Gasteiger partial charge in [-0.1, -0.05) is 0 Å². The van der Waals surface area contributed by atoms with E-state index in [1.54, 1.807) is 19.2 Å². The van der Waals surface area contributed by atoms with E-state index in [1.165, 1.54) is 0 Å². The number of benzene rings is 1. The van der Waals surface area contributed by atoms with E-state index in [0.717, 1.165) is 72.0 Å². The Morgan fingerprint density at radius 1 is 0.893 bits per heavy atom. The lowest BCUT2D eigenvalue weighted by Crippen LogP contribution is -2.38. The summed E-state index contributed by atoms with van der Waals surface area (Å²) in [7, 11) is 1.58. The van der Waals surface area contributed by atoms with Gasteiger partial charge in [-0.2, -0.15) is 0 Å². The Kier molecular flexibility index (Phi) is 8.35. The van der Waals surface area contributed by atoms with Gasteiger partial charge >= 0.3 is 0 Å². The normalized spacial score (nSPS) is 18.6. The van der Waals surface area contributed by atoms with Crippen molar-refractivity contribution in [2.24, 2.45) is 0 Å². The molecule has 1 aromatic rings. The van der Waals surface area contributed by atoms with Crippen LogP contribution in [0.15, 0.2) is 12.1 Å². The summed E-state index contributed by atoms with van der Waals surface area (Å²) >= 11 is 0. The van der Waals surface area contributed by atoms with Crippen LogP contribution in [0.3, 0.4) is 0 Å². The summed E-state index contributed by atoms with van der Waals surface area (Å²) in [5, 5.41) is 0. The van der Waals surface area contributed by atoms with Crippen molar-refractivity contribution in [2.75, 3.05) is 86.0 Å². The Morgan fingerprint density at radius 2 is 1.36 bits per heavy atom. The van der Waals surface area contributed by atoms with Crippen LogP contribution in [0.25, 0.3) is 0 Å². The first-order valence-electron chi connectivity index (χ1n) is 9.83. The zero-order chi connectivity index (χ0) is 19.6. The number of morpholine rings is 2. The standard InChI is InChI=1S/C20H30N2O6/c1-24-20-18(27-12-6-21-2-8-25-9-3-21)14-17(16-23)15-19(20)28-13-7-22-4-10-26-11-5-22/h14-16H,2-13H2,1H3. The highest BCUT2D eigenvalue weighted by Crippen LogP contribution is 2.38. The molecule has 0 radical (unpaired) electrons. The van der Waals surface area contributed by atoms with Crippen LogP contribution in [0.2, 0.25) is 0 Å². The van der Waals surface area contributed by atoms with Gasteiger partial charge < -0.3 is 23.7 Å². The Balaban J connectivity index is 1.58. The molecule has 0 aromatic heterocycles. The molecular formula is C20H30N2O6. The summed E-state index contributed by atoms with van der Waals surface area (Å²) in [6.07, 6.45) is 0.795. The van der Waals surface area contributed by atoms with Crippen LogP contribution in [0.1, 0.15) is 10.4 Å². The summed E-state index contributed by atoms with van der Waals surface area (Å²) < 4.78 is 28.1. The minimum atomic E-state index is 0.503. The number of carbonyl (C=O) groups excluding carboxylic acids is 1. The zero-order valence-electron chi connectivity index (χ0n) is 16.6. The largest absolute Gasteiger partial charge is 0.490 e. The fraction of sp³-hybridized carbons (Fsp3) is 0.650. The molecule has 2 aliphatic rings. The molecule has 0 atom stereocenters. The molecule has 0 unspecified atom stereocenters. The zero-order valence-corrected chi connectivity index (χ0v) is 16.6. The molecule has 0 amide bonds. The van der Waals surface area contributed by atoms with Gasteiger partial charge in [0.05, 0.1) is 33.5 Å². The molecule has 3 rings (SSSR count). The van der Waals surface area contributed by atoms with Gasteiger partial charge in [0.25, 0.3) is 0 Å². The van der Waals surface area contributed by atoms with E-state index in [9.17, 15) is 4.79 Å². The molecule has 0 aliphatic carbocycles. The van der Waals surface area contributed by atoms with Crippen LogP contribution in [-0.4, -0.2) is 102 Å². The van der Waals surface area contributed by atoms with Gasteiger partial charge in [-0.05, 0) is 12.1 Å². The summed E-state index contributed by atoms with van der Waals surface area (Å²) in [4.78, 5) is 15.9. The molecule has 2 aliphatic heterocycles. The molecule has 0 spiro atoms. The number of hydrogen-bond acceptors (Lipinski definition) is 8. The molecule has 1 aromatic carbocycles. The van der Waals surface area contributed by atoms with Gasteiger partial charge in [-0.25, -0.2) is 0 Å². The van der Waals surface area contributed by atoms with Gasteiger partial charge in [-0.3, -0.25) is 14.6 Å².